The highest BCUT2D eigenvalue weighted by molar-refractivity contribution is 7.91. The molecule has 1 aliphatic rings. The third-order valence-corrected chi connectivity index (χ3v) is 10.1. The molecule has 1 unspecified atom stereocenters. The van der Waals surface area contributed by atoms with Crippen molar-refractivity contribution < 1.29 is 13.2 Å². The lowest BCUT2D eigenvalue weighted by molar-refractivity contribution is -0.121. The van der Waals surface area contributed by atoms with E-state index in [0.717, 1.165) is 21.6 Å². The Labute approximate surface area is 205 Å². The Morgan fingerprint density at radius 2 is 1.97 bits per heavy atom. The van der Waals surface area contributed by atoms with Crippen LogP contribution in [0.25, 0.3) is 10.2 Å². The van der Waals surface area contributed by atoms with Gasteiger partial charge in [-0.1, -0.05) is 34.5 Å². The van der Waals surface area contributed by atoms with Gasteiger partial charge in [0.15, 0.2) is 5.13 Å². The van der Waals surface area contributed by atoms with Gasteiger partial charge in [0.1, 0.15) is 10.3 Å². The molecule has 3 aromatic rings. The second-order valence-corrected chi connectivity index (χ2v) is 13.0. The summed E-state index contributed by atoms with van der Waals surface area (Å²) in [7, 11) is 0.0343. The molecule has 0 spiro atoms. The number of sulfonamides is 1. The van der Waals surface area contributed by atoms with Gasteiger partial charge in [-0.25, -0.2) is 13.4 Å². The first-order valence-corrected chi connectivity index (χ1v) is 13.8. The van der Waals surface area contributed by atoms with E-state index >= 15 is 0 Å². The molecule has 7 nitrogen and oxygen atoms in total. The summed E-state index contributed by atoms with van der Waals surface area (Å²) in [5.41, 5.74) is 0.751. The maximum absolute atomic E-state index is 13.7. The average Bonchev–Trinajstić information content (AvgIpc) is 3.46. The minimum absolute atomic E-state index is 0.150. The van der Waals surface area contributed by atoms with E-state index in [-0.39, 0.29) is 10.1 Å². The van der Waals surface area contributed by atoms with Crippen LogP contribution in [0.1, 0.15) is 12.8 Å². The van der Waals surface area contributed by atoms with E-state index in [0.29, 0.717) is 47.0 Å². The molecule has 1 amide bonds. The number of likely N-dealkylation sites (N-methyl/N-ethyl adjacent to an activating group) is 1. The van der Waals surface area contributed by atoms with Gasteiger partial charge in [0.2, 0.25) is 5.91 Å². The average molecular weight is 534 g/mol. The van der Waals surface area contributed by atoms with Crippen molar-refractivity contribution in [2.45, 2.75) is 23.1 Å². The van der Waals surface area contributed by atoms with Crippen LogP contribution >= 0.6 is 45.9 Å². The van der Waals surface area contributed by atoms with Gasteiger partial charge in [0.25, 0.3) is 10.0 Å². The van der Waals surface area contributed by atoms with Crippen LogP contribution in [-0.4, -0.2) is 68.3 Å². The summed E-state index contributed by atoms with van der Waals surface area (Å²) in [6.45, 7) is 1.31. The Balaban J connectivity index is 1.67. The summed E-state index contributed by atoms with van der Waals surface area (Å²) in [5.74, 6) is -0.263. The first kappa shape index (κ1) is 23.9. The number of carbonyl (C=O) groups is 1. The molecule has 172 valence electrons. The molecular weight excluding hydrogens is 511 g/mol. The van der Waals surface area contributed by atoms with Crippen LogP contribution in [0, 0.1) is 0 Å². The predicted octanol–water partition coefficient (Wildman–Crippen LogP) is 4.41. The molecule has 0 N–H and O–H groups in total. The van der Waals surface area contributed by atoms with E-state index in [4.69, 9.17) is 23.2 Å². The van der Waals surface area contributed by atoms with Gasteiger partial charge < -0.3 is 4.90 Å². The van der Waals surface area contributed by atoms with Crippen LogP contribution in [0.5, 0.6) is 0 Å². The monoisotopic (exact) mass is 532 g/mol. The van der Waals surface area contributed by atoms with Gasteiger partial charge in [-0.2, -0.15) is 4.31 Å². The van der Waals surface area contributed by atoms with Crippen molar-refractivity contribution in [3.05, 3.63) is 39.7 Å². The van der Waals surface area contributed by atoms with Crippen molar-refractivity contribution >= 4 is 77.2 Å². The SMILES string of the molecule is CN(C)CCN(C(=O)C1CCCN1S(=O)(=O)c1ccc(Cl)s1)c1nc2ccc(Cl)cc2s1. The van der Waals surface area contributed by atoms with E-state index in [1.807, 2.05) is 31.1 Å². The van der Waals surface area contributed by atoms with E-state index in [2.05, 4.69) is 4.98 Å². The van der Waals surface area contributed by atoms with Crippen molar-refractivity contribution in [1.29, 1.82) is 0 Å². The van der Waals surface area contributed by atoms with Gasteiger partial charge in [0.05, 0.1) is 14.6 Å². The number of carbonyl (C=O) groups excluding carboxylic acids is 1. The van der Waals surface area contributed by atoms with E-state index in [1.54, 1.807) is 17.0 Å². The van der Waals surface area contributed by atoms with Crippen LogP contribution in [-0.2, 0) is 14.8 Å². The molecule has 1 aliphatic heterocycles. The number of nitrogens with zero attached hydrogens (tertiary/aromatic N) is 4. The summed E-state index contributed by atoms with van der Waals surface area (Å²) < 4.78 is 29.2. The fraction of sp³-hybridized carbons (Fsp3) is 0.400. The van der Waals surface area contributed by atoms with Crippen LogP contribution in [0.4, 0.5) is 5.13 Å². The van der Waals surface area contributed by atoms with Gasteiger partial charge in [-0.3, -0.25) is 9.69 Å². The first-order chi connectivity index (χ1) is 15.2. The molecule has 0 saturated carbocycles. The van der Waals surface area contributed by atoms with Gasteiger partial charge in [0, 0.05) is 24.7 Å². The van der Waals surface area contributed by atoms with Crippen LogP contribution in [0.15, 0.2) is 34.5 Å². The molecule has 3 heterocycles. The highest BCUT2D eigenvalue weighted by Gasteiger charge is 2.42. The maximum Gasteiger partial charge on any atom is 0.253 e. The number of rotatable bonds is 7. The molecule has 32 heavy (non-hydrogen) atoms. The van der Waals surface area contributed by atoms with E-state index < -0.39 is 16.1 Å². The number of hydrogen-bond donors (Lipinski definition) is 0. The van der Waals surface area contributed by atoms with E-state index in [1.165, 1.54) is 21.7 Å². The zero-order valence-corrected chi connectivity index (χ0v) is 21.5. The third-order valence-electron chi connectivity index (χ3n) is 5.21. The normalized spacial score (nSPS) is 17.5. The summed E-state index contributed by atoms with van der Waals surface area (Å²) in [4.78, 5) is 21.9. The highest BCUT2D eigenvalue weighted by Crippen LogP contribution is 2.35. The molecule has 1 fully saturated rings. The smallest absolute Gasteiger partial charge is 0.253 e. The Morgan fingerprint density at radius 1 is 1.19 bits per heavy atom. The van der Waals surface area contributed by atoms with Gasteiger partial charge in [-0.05, 0) is 57.3 Å². The Bertz CT molecular complexity index is 1240. The standard InChI is InChI=1S/C20H22Cl2N4O3S3/c1-24(2)10-11-25(20-23-14-6-5-13(21)12-16(14)30-20)19(27)15-4-3-9-26(15)32(28,29)18-8-7-17(22)31-18/h5-8,12,15H,3-4,9-11H2,1-2H3. The molecular formula is C20H22Cl2N4O3S3. The molecule has 12 heteroatoms. The number of benzene rings is 1. The van der Waals surface area contributed by atoms with Crippen molar-refractivity contribution in [3.63, 3.8) is 0 Å². The number of hydrogen-bond acceptors (Lipinski definition) is 7. The molecule has 2 aromatic heterocycles. The Kier molecular flexibility index (Phi) is 7.11. The fourth-order valence-electron chi connectivity index (χ4n) is 3.61. The summed E-state index contributed by atoms with van der Waals surface area (Å²) >= 11 is 14.5. The number of aromatic nitrogens is 1. The van der Waals surface area contributed by atoms with Crippen molar-refractivity contribution in [1.82, 2.24) is 14.2 Å². The molecule has 4 rings (SSSR count). The fourth-order valence-corrected chi connectivity index (χ4v) is 8.14. The number of halogens is 2. The molecule has 0 radical (unpaired) electrons. The second kappa shape index (κ2) is 9.54. The number of fused-ring (bicyclic) bond motifs is 1. The highest BCUT2D eigenvalue weighted by atomic mass is 35.5. The minimum atomic E-state index is -3.81. The van der Waals surface area contributed by atoms with Gasteiger partial charge >= 0.3 is 0 Å². The minimum Gasteiger partial charge on any atom is -0.308 e. The zero-order valence-electron chi connectivity index (χ0n) is 17.5. The summed E-state index contributed by atoms with van der Waals surface area (Å²) in [5, 5.41) is 1.14. The van der Waals surface area contributed by atoms with Crippen molar-refractivity contribution in [3.8, 4) is 0 Å². The number of thiazole rings is 1. The molecule has 1 saturated heterocycles. The predicted molar refractivity (Wildman–Crippen MR) is 132 cm³/mol. The van der Waals surface area contributed by atoms with Crippen LogP contribution in [0.3, 0.4) is 0 Å². The zero-order chi connectivity index (χ0) is 23.0. The lowest BCUT2D eigenvalue weighted by Crippen LogP contribution is -2.49. The van der Waals surface area contributed by atoms with E-state index in [9.17, 15) is 13.2 Å². The number of thiophene rings is 1. The molecule has 1 aromatic carbocycles. The topological polar surface area (TPSA) is 73.8 Å². The number of amides is 1. The van der Waals surface area contributed by atoms with Gasteiger partial charge in [-0.15, -0.1) is 11.3 Å². The molecule has 0 aliphatic carbocycles. The van der Waals surface area contributed by atoms with Crippen LogP contribution < -0.4 is 4.90 Å². The van der Waals surface area contributed by atoms with Crippen molar-refractivity contribution in [2.75, 3.05) is 38.6 Å². The Hall–Kier alpha value is -1.27. The summed E-state index contributed by atoms with van der Waals surface area (Å²) in [6.07, 6.45) is 1.08. The maximum atomic E-state index is 13.7. The Morgan fingerprint density at radius 3 is 2.66 bits per heavy atom. The second-order valence-electron chi connectivity index (χ2n) is 7.73. The third kappa shape index (κ3) is 4.82. The largest absolute Gasteiger partial charge is 0.308 e. The summed E-state index contributed by atoms with van der Waals surface area (Å²) in [6, 6.07) is 7.67. The number of anilines is 1. The quantitative estimate of drug-likeness (QED) is 0.450. The molecule has 1 atom stereocenters. The van der Waals surface area contributed by atoms with Crippen LogP contribution in [0.2, 0.25) is 9.36 Å². The van der Waals surface area contributed by atoms with Crippen molar-refractivity contribution in [2.24, 2.45) is 0 Å². The molecule has 0 bridgehead atoms. The lowest BCUT2D eigenvalue weighted by Gasteiger charge is -2.29. The first-order valence-electron chi connectivity index (χ1n) is 9.96. The lowest BCUT2D eigenvalue weighted by atomic mass is 10.2.